The van der Waals surface area contributed by atoms with E-state index in [0.29, 0.717) is 5.69 Å². The second-order valence-corrected chi connectivity index (χ2v) is 5.00. The summed E-state index contributed by atoms with van der Waals surface area (Å²) in [5.41, 5.74) is 0.551. The van der Waals surface area contributed by atoms with E-state index in [1.165, 1.54) is 17.9 Å². The van der Waals surface area contributed by atoms with Crippen molar-refractivity contribution in [3.05, 3.63) is 11.8 Å². The summed E-state index contributed by atoms with van der Waals surface area (Å²) in [5.74, 6) is 0. The van der Waals surface area contributed by atoms with Crippen LogP contribution in [0.25, 0.3) is 0 Å². The zero-order chi connectivity index (χ0) is 11.6. The number of primary sulfonamides is 1. The van der Waals surface area contributed by atoms with Gasteiger partial charge in [0.15, 0.2) is 5.03 Å². The van der Waals surface area contributed by atoms with E-state index >= 15 is 0 Å². The van der Waals surface area contributed by atoms with Crippen molar-refractivity contribution in [3.63, 3.8) is 0 Å². The van der Waals surface area contributed by atoms with Crippen LogP contribution in [-0.4, -0.2) is 25.3 Å². The van der Waals surface area contributed by atoms with Gasteiger partial charge in [-0.1, -0.05) is 0 Å². The van der Waals surface area contributed by atoms with Gasteiger partial charge in [0.05, 0.1) is 12.3 Å². The molecule has 6 nitrogen and oxygen atoms in total. The van der Waals surface area contributed by atoms with Gasteiger partial charge in [-0.25, -0.2) is 13.6 Å². The van der Waals surface area contributed by atoms with Crippen LogP contribution in [0.5, 0.6) is 0 Å². The number of rotatable bonds is 4. The third kappa shape index (κ3) is 2.77. The highest BCUT2D eigenvalue weighted by atomic mass is 32.2. The monoisotopic (exact) mass is 233 g/mol. The van der Waals surface area contributed by atoms with Crippen LogP contribution in [-0.2, 0) is 21.4 Å². The average molecular weight is 233 g/mol. The quantitative estimate of drug-likeness (QED) is 0.808. The Hall–Kier alpha value is -0.920. The molecule has 0 unspecified atom stereocenters. The zero-order valence-electron chi connectivity index (χ0n) is 8.97. The Labute approximate surface area is 89.1 Å². The molecule has 86 valence electrons. The van der Waals surface area contributed by atoms with Crippen molar-refractivity contribution in [2.45, 2.75) is 31.5 Å². The maximum absolute atomic E-state index is 11.3. The Bertz CT molecular complexity index is 436. The predicted molar refractivity (Wildman–Crippen MR) is 54.7 cm³/mol. The molecule has 1 heterocycles. The summed E-state index contributed by atoms with van der Waals surface area (Å²) < 4.78 is 28.8. The molecule has 0 saturated heterocycles. The molecule has 0 aromatic carbocycles. The molecule has 1 rings (SSSR count). The maximum atomic E-state index is 11.3. The lowest BCUT2D eigenvalue weighted by molar-refractivity contribution is 0.180. The molecule has 0 atom stereocenters. The summed E-state index contributed by atoms with van der Waals surface area (Å²) in [4.78, 5) is 0. The van der Waals surface area contributed by atoms with E-state index in [9.17, 15) is 8.42 Å². The molecule has 0 radical (unpaired) electrons. The van der Waals surface area contributed by atoms with Crippen molar-refractivity contribution in [2.75, 3.05) is 7.11 Å². The molecular formula is C8H15N3O3S. The Morgan fingerprint density at radius 2 is 2.20 bits per heavy atom. The number of hydrogen-bond acceptors (Lipinski definition) is 4. The molecule has 15 heavy (non-hydrogen) atoms. The lowest BCUT2D eigenvalue weighted by atomic mass is 10.4. The molecule has 0 amide bonds. The third-order valence-electron chi connectivity index (χ3n) is 1.82. The van der Waals surface area contributed by atoms with E-state index in [1.54, 1.807) is 0 Å². The minimum absolute atomic E-state index is 0.0181. The van der Waals surface area contributed by atoms with Crippen LogP contribution < -0.4 is 5.14 Å². The van der Waals surface area contributed by atoms with Crippen LogP contribution >= 0.6 is 0 Å². The molecular weight excluding hydrogens is 218 g/mol. The molecule has 0 aliphatic heterocycles. The van der Waals surface area contributed by atoms with Gasteiger partial charge in [0, 0.05) is 19.2 Å². The summed E-state index contributed by atoms with van der Waals surface area (Å²) >= 11 is 0. The normalized spacial score (nSPS) is 12.3. The first-order chi connectivity index (χ1) is 6.86. The summed E-state index contributed by atoms with van der Waals surface area (Å²) in [6.07, 6.45) is 0. The minimum atomic E-state index is -3.73. The number of ether oxygens (including phenoxy) is 1. The maximum Gasteiger partial charge on any atom is 0.255 e. The van der Waals surface area contributed by atoms with E-state index in [1.807, 2.05) is 13.8 Å². The number of nitrogens with zero attached hydrogens (tertiary/aromatic N) is 2. The van der Waals surface area contributed by atoms with Crippen molar-refractivity contribution in [2.24, 2.45) is 5.14 Å². The smallest absolute Gasteiger partial charge is 0.255 e. The minimum Gasteiger partial charge on any atom is -0.378 e. The van der Waals surface area contributed by atoms with Crippen molar-refractivity contribution in [1.29, 1.82) is 0 Å². The number of nitrogens with two attached hydrogens (primary N) is 1. The number of aromatic nitrogens is 2. The third-order valence-corrected chi connectivity index (χ3v) is 2.71. The highest BCUT2D eigenvalue weighted by molar-refractivity contribution is 7.89. The van der Waals surface area contributed by atoms with Gasteiger partial charge >= 0.3 is 0 Å². The van der Waals surface area contributed by atoms with Crippen molar-refractivity contribution >= 4 is 10.0 Å². The first-order valence-corrected chi connectivity index (χ1v) is 6.01. The standard InChI is InChI=1S/C8H15N3O3S/c1-6(2)11-8(15(9,12)13)4-7(10-11)5-14-3/h4,6H,5H2,1-3H3,(H2,9,12,13). The van der Waals surface area contributed by atoms with Gasteiger partial charge in [0.25, 0.3) is 10.0 Å². The fourth-order valence-electron chi connectivity index (χ4n) is 1.23. The molecule has 0 saturated carbocycles. The highest BCUT2D eigenvalue weighted by Gasteiger charge is 2.19. The topological polar surface area (TPSA) is 87.2 Å². The molecule has 0 fully saturated rings. The lowest BCUT2D eigenvalue weighted by Gasteiger charge is -2.08. The molecule has 2 N–H and O–H groups in total. The number of sulfonamides is 1. The van der Waals surface area contributed by atoms with Crippen LogP contribution in [0.1, 0.15) is 25.6 Å². The van der Waals surface area contributed by atoms with Gasteiger partial charge in [0.1, 0.15) is 0 Å². The SMILES string of the molecule is COCc1cc(S(N)(=O)=O)n(C(C)C)n1. The molecule has 1 aromatic rings. The van der Waals surface area contributed by atoms with Crippen LogP contribution in [0.3, 0.4) is 0 Å². The van der Waals surface area contributed by atoms with Gasteiger partial charge in [-0.15, -0.1) is 0 Å². The zero-order valence-corrected chi connectivity index (χ0v) is 9.78. The first kappa shape index (κ1) is 12.2. The van der Waals surface area contributed by atoms with E-state index in [-0.39, 0.29) is 17.7 Å². The molecule has 0 bridgehead atoms. The predicted octanol–water partition coefficient (Wildman–Crippen LogP) is 0.258. The largest absolute Gasteiger partial charge is 0.378 e. The Morgan fingerprint density at radius 1 is 1.60 bits per heavy atom. The highest BCUT2D eigenvalue weighted by Crippen LogP contribution is 2.15. The van der Waals surface area contributed by atoms with Crippen molar-refractivity contribution < 1.29 is 13.2 Å². The molecule has 7 heteroatoms. The van der Waals surface area contributed by atoms with Gasteiger partial charge in [-0.3, -0.25) is 4.68 Å². The summed E-state index contributed by atoms with van der Waals surface area (Å²) in [5, 5.41) is 9.19. The lowest BCUT2D eigenvalue weighted by Crippen LogP contribution is -2.19. The Balaban J connectivity index is 3.24. The summed E-state index contributed by atoms with van der Waals surface area (Å²) in [7, 11) is -2.21. The van der Waals surface area contributed by atoms with Gasteiger partial charge in [-0.2, -0.15) is 5.10 Å². The van der Waals surface area contributed by atoms with Crippen LogP contribution in [0.2, 0.25) is 0 Å². The Morgan fingerprint density at radius 3 is 2.53 bits per heavy atom. The Kier molecular flexibility index (Phi) is 3.48. The van der Waals surface area contributed by atoms with E-state index in [0.717, 1.165) is 0 Å². The number of methoxy groups -OCH3 is 1. The van der Waals surface area contributed by atoms with Gasteiger partial charge < -0.3 is 4.74 Å². The van der Waals surface area contributed by atoms with E-state index < -0.39 is 10.0 Å². The van der Waals surface area contributed by atoms with Crippen molar-refractivity contribution in [3.8, 4) is 0 Å². The van der Waals surface area contributed by atoms with Crippen LogP contribution in [0.4, 0.5) is 0 Å². The van der Waals surface area contributed by atoms with Crippen molar-refractivity contribution in [1.82, 2.24) is 9.78 Å². The summed E-state index contributed by atoms with van der Waals surface area (Å²) in [6.45, 7) is 3.93. The fourth-order valence-corrected chi connectivity index (χ4v) is 2.04. The second-order valence-electron chi connectivity index (χ2n) is 3.49. The number of hydrogen-bond donors (Lipinski definition) is 1. The van der Waals surface area contributed by atoms with Crippen LogP contribution in [0.15, 0.2) is 11.1 Å². The second kappa shape index (κ2) is 4.30. The molecule has 0 spiro atoms. The molecule has 0 aliphatic rings. The average Bonchev–Trinajstić information content (AvgIpc) is 2.48. The van der Waals surface area contributed by atoms with Crippen LogP contribution in [0, 0.1) is 0 Å². The molecule has 0 aliphatic carbocycles. The van der Waals surface area contributed by atoms with Gasteiger partial charge in [-0.05, 0) is 13.8 Å². The molecule has 1 aromatic heterocycles. The van der Waals surface area contributed by atoms with E-state index in [4.69, 9.17) is 9.88 Å². The van der Waals surface area contributed by atoms with Gasteiger partial charge in [0.2, 0.25) is 0 Å². The summed E-state index contributed by atoms with van der Waals surface area (Å²) in [6, 6.07) is 1.36. The first-order valence-electron chi connectivity index (χ1n) is 4.46. The fraction of sp³-hybridized carbons (Fsp3) is 0.625. The van der Waals surface area contributed by atoms with E-state index in [2.05, 4.69) is 5.10 Å².